The third-order valence-electron chi connectivity index (χ3n) is 5.47. The van der Waals surface area contributed by atoms with Crippen molar-refractivity contribution in [1.82, 2.24) is 34.9 Å². The number of fused-ring (bicyclic) bond motifs is 2. The van der Waals surface area contributed by atoms with Gasteiger partial charge in [-0.25, -0.2) is 0 Å². The van der Waals surface area contributed by atoms with E-state index in [1.54, 1.807) is 10.7 Å². The van der Waals surface area contributed by atoms with Gasteiger partial charge in [0.2, 0.25) is 0 Å². The molecule has 10 nitrogen and oxygen atoms in total. The van der Waals surface area contributed by atoms with E-state index >= 15 is 0 Å². The maximum atomic E-state index is 6.11. The number of benzene rings is 2. The summed E-state index contributed by atoms with van der Waals surface area (Å²) in [6, 6.07) is 21.2. The molecular weight excluding hydrogens is 482 g/mol. The number of halogens is 1. The maximum Gasteiger partial charge on any atom is 0.320 e. The summed E-state index contributed by atoms with van der Waals surface area (Å²) >= 11 is 5.64. The van der Waals surface area contributed by atoms with Crippen LogP contribution in [0, 0.1) is 0 Å². The number of rotatable bonds is 8. The van der Waals surface area contributed by atoms with Crippen LogP contribution in [-0.4, -0.2) is 41.5 Å². The van der Waals surface area contributed by atoms with E-state index in [1.807, 2.05) is 66.7 Å². The fraction of sp³-hybridized carbons (Fsp3) is 0.120. The lowest BCUT2D eigenvalue weighted by Gasteiger charge is -2.10. The van der Waals surface area contributed by atoms with Crippen LogP contribution in [0.4, 0.5) is 0 Å². The monoisotopic (exact) mass is 499 g/mol. The molecule has 0 atom stereocenters. The molecule has 6 rings (SSSR count). The summed E-state index contributed by atoms with van der Waals surface area (Å²) in [5.74, 6) is 2.42. The van der Waals surface area contributed by atoms with Crippen molar-refractivity contribution in [3.05, 3.63) is 89.9 Å². The number of aromatic nitrogens is 7. The molecule has 0 saturated heterocycles. The molecule has 0 bridgehead atoms. The van der Waals surface area contributed by atoms with Gasteiger partial charge in [-0.15, -0.1) is 10.2 Å². The molecule has 0 aliphatic heterocycles. The Morgan fingerprint density at radius 2 is 1.86 bits per heavy atom. The van der Waals surface area contributed by atoms with Gasteiger partial charge in [0.05, 0.1) is 17.8 Å². The Morgan fingerprint density at radius 3 is 2.72 bits per heavy atom. The molecule has 0 unspecified atom stereocenters. The number of nitrogens with zero attached hydrogens (tertiary/aromatic N) is 7. The molecule has 0 N–H and O–H groups in total. The van der Waals surface area contributed by atoms with Crippen molar-refractivity contribution >= 4 is 28.2 Å². The zero-order valence-electron chi connectivity index (χ0n) is 18.8. The van der Waals surface area contributed by atoms with Gasteiger partial charge in [-0.3, -0.25) is 4.98 Å². The molecule has 0 saturated carbocycles. The minimum atomic E-state index is 0.0129. The lowest BCUT2D eigenvalue weighted by Crippen LogP contribution is -2.05. The second-order valence-electron chi connectivity index (χ2n) is 7.81. The molecule has 4 aromatic heterocycles. The van der Waals surface area contributed by atoms with E-state index in [-0.39, 0.29) is 12.0 Å². The molecule has 178 valence electrons. The summed E-state index contributed by atoms with van der Waals surface area (Å²) in [7, 11) is 0. The molecule has 0 aliphatic carbocycles. The van der Waals surface area contributed by atoms with Gasteiger partial charge in [-0.2, -0.15) is 14.6 Å². The quantitative estimate of drug-likeness (QED) is 0.297. The summed E-state index contributed by atoms with van der Waals surface area (Å²) in [4.78, 5) is 8.40. The zero-order valence-corrected chi connectivity index (χ0v) is 19.5. The van der Waals surface area contributed by atoms with Gasteiger partial charge in [0.1, 0.15) is 18.1 Å². The highest BCUT2D eigenvalue weighted by atomic mass is 35.5. The molecule has 6 aromatic rings. The minimum absolute atomic E-state index is 0.0129. The van der Waals surface area contributed by atoms with E-state index < -0.39 is 0 Å². The third kappa shape index (κ3) is 4.53. The van der Waals surface area contributed by atoms with Crippen molar-refractivity contribution in [2.24, 2.45) is 0 Å². The second-order valence-corrected chi connectivity index (χ2v) is 8.13. The van der Waals surface area contributed by atoms with E-state index in [1.165, 1.54) is 0 Å². The number of ether oxygens (including phenoxy) is 2. The smallest absolute Gasteiger partial charge is 0.320 e. The topological polar surface area (TPSA) is 113 Å². The van der Waals surface area contributed by atoms with Crippen LogP contribution in [0.15, 0.2) is 77.4 Å². The number of hydrogen-bond acceptors (Lipinski definition) is 9. The molecule has 11 heteroatoms. The van der Waals surface area contributed by atoms with Crippen molar-refractivity contribution in [1.29, 1.82) is 0 Å². The van der Waals surface area contributed by atoms with Crippen LogP contribution in [0.3, 0.4) is 0 Å². The van der Waals surface area contributed by atoms with E-state index in [2.05, 4.69) is 25.3 Å². The highest BCUT2D eigenvalue weighted by Gasteiger charge is 2.12. The average molecular weight is 500 g/mol. The number of pyridine rings is 1. The van der Waals surface area contributed by atoms with Crippen LogP contribution in [0.1, 0.15) is 11.6 Å². The normalized spacial score (nSPS) is 11.2. The van der Waals surface area contributed by atoms with Crippen LogP contribution in [0.25, 0.3) is 27.8 Å². The fourth-order valence-electron chi connectivity index (χ4n) is 3.74. The van der Waals surface area contributed by atoms with Crippen LogP contribution >= 0.6 is 11.6 Å². The largest absolute Gasteiger partial charge is 0.493 e. The van der Waals surface area contributed by atoms with Gasteiger partial charge >= 0.3 is 5.35 Å². The van der Waals surface area contributed by atoms with E-state index in [0.29, 0.717) is 41.8 Å². The summed E-state index contributed by atoms with van der Waals surface area (Å²) in [6.07, 6.45) is 2.16. The van der Waals surface area contributed by atoms with Gasteiger partial charge in [0.25, 0.3) is 0 Å². The molecule has 0 spiro atoms. The standard InChI is InChI=1S/C25H18ClN7O3/c26-25-28-22(32-36-25)11-13-34-17-6-7-18-20(14-17)27-12-10-21(18)35-15-24-30-29-23-9-8-19(31-33(23)24)16-4-2-1-3-5-16/h1-10,12,14H,11,13,15H2. The van der Waals surface area contributed by atoms with Gasteiger partial charge < -0.3 is 14.0 Å². The fourth-order valence-corrected chi connectivity index (χ4v) is 3.87. The highest BCUT2D eigenvalue weighted by molar-refractivity contribution is 6.27. The minimum Gasteiger partial charge on any atom is -0.493 e. The molecule has 0 aliphatic rings. The molecule has 36 heavy (non-hydrogen) atoms. The van der Waals surface area contributed by atoms with E-state index in [4.69, 9.17) is 30.7 Å². The molecule has 2 aromatic carbocycles. The van der Waals surface area contributed by atoms with Gasteiger partial charge in [0.15, 0.2) is 17.3 Å². The zero-order chi connectivity index (χ0) is 24.3. The first-order valence-electron chi connectivity index (χ1n) is 11.1. The Balaban J connectivity index is 1.18. The Bertz CT molecular complexity index is 1650. The molecule has 4 heterocycles. The van der Waals surface area contributed by atoms with Crippen LogP contribution in [-0.2, 0) is 13.0 Å². The summed E-state index contributed by atoms with van der Waals surface area (Å²) in [6.45, 7) is 0.562. The Morgan fingerprint density at radius 1 is 0.944 bits per heavy atom. The lowest BCUT2D eigenvalue weighted by molar-refractivity contribution is 0.296. The summed E-state index contributed by atoms with van der Waals surface area (Å²) < 4.78 is 18.4. The van der Waals surface area contributed by atoms with Crippen molar-refractivity contribution in [3.8, 4) is 22.8 Å². The molecular formula is C25H18ClN7O3. The summed E-state index contributed by atoms with van der Waals surface area (Å²) in [5, 5.41) is 17.8. The third-order valence-corrected chi connectivity index (χ3v) is 5.62. The van der Waals surface area contributed by atoms with Crippen molar-refractivity contribution in [3.63, 3.8) is 0 Å². The van der Waals surface area contributed by atoms with Crippen molar-refractivity contribution < 1.29 is 14.0 Å². The predicted molar refractivity (Wildman–Crippen MR) is 131 cm³/mol. The number of hydrogen-bond donors (Lipinski definition) is 0. The van der Waals surface area contributed by atoms with Crippen LogP contribution < -0.4 is 9.47 Å². The Labute approximate surface area is 209 Å². The molecule has 0 fully saturated rings. The average Bonchev–Trinajstić information content (AvgIpc) is 3.53. The second kappa shape index (κ2) is 9.59. The van der Waals surface area contributed by atoms with E-state index in [0.717, 1.165) is 22.2 Å². The van der Waals surface area contributed by atoms with Crippen LogP contribution in [0.5, 0.6) is 11.5 Å². The SMILES string of the molecule is Clc1nc(CCOc2ccc3c(OCc4nnc5ccc(-c6ccccc6)nn45)ccnc3c2)no1. The predicted octanol–water partition coefficient (Wildman–Crippen LogP) is 4.58. The maximum absolute atomic E-state index is 6.11. The van der Waals surface area contributed by atoms with Crippen molar-refractivity contribution in [2.45, 2.75) is 13.0 Å². The summed E-state index contributed by atoms with van der Waals surface area (Å²) in [5.41, 5.74) is 3.23. The molecule has 0 amide bonds. The molecule has 0 radical (unpaired) electrons. The first kappa shape index (κ1) is 21.9. The van der Waals surface area contributed by atoms with Crippen LogP contribution in [0.2, 0.25) is 5.35 Å². The first-order valence-corrected chi connectivity index (χ1v) is 11.5. The van der Waals surface area contributed by atoms with Crippen molar-refractivity contribution in [2.75, 3.05) is 6.61 Å². The van der Waals surface area contributed by atoms with Gasteiger partial charge in [0, 0.05) is 29.6 Å². The highest BCUT2D eigenvalue weighted by Crippen LogP contribution is 2.28. The Kier molecular flexibility index (Phi) is 5.84. The lowest BCUT2D eigenvalue weighted by atomic mass is 10.1. The Hall–Kier alpha value is -4.57. The first-order chi connectivity index (χ1) is 17.7. The van der Waals surface area contributed by atoms with Gasteiger partial charge in [-0.05, 0) is 41.9 Å². The van der Waals surface area contributed by atoms with E-state index in [9.17, 15) is 0 Å². The van der Waals surface area contributed by atoms with Gasteiger partial charge in [-0.1, -0.05) is 35.5 Å².